The zero-order valence-corrected chi connectivity index (χ0v) is 13.4. The molecule has 23 heavy (non-hydrogen) atoms. The number of nitrogens with one attached hydrogen (secondary N) is 1. The first-order chi connectivity index (χ1) is 11.2. The number of amides is 1. The number of hydrogen-bond donors (Lipinski definition) is 1. The van der Waals surface area contributed by atoms with Crippen molar-refractivity contribution in [1.29, 1.82) is 0 Å². The van der Waals surface area contributed by atoms with Crippen LogP contribution in [0.1, 0.15) is 27.3 Å². The third-order valence-electron chi connectivity index (χ3n) is 4.02. The molecule has 0 unspecified atom stereocenters. The number of ether oxygens (including phenoxy) is 1. The van der Waals surface area contributed by atoms with E-state index in [0.29, 0.717) is 18.7 Å². The van der Waals surface area contributed by atoms with Crippen LogP contribution in [0.2, 0.25) is 0 Å². The monoisotopic (exact) mass is 329 g/mol. The fraction of sp³-hybridized carbons (Fsp3) is 0.333. The van der Waals surface area contributed by atoms with Crippen molar-refractivity contribution in [1.82, 2.24) is 23.8 Å². The highest BCUT2D eigenvalue weighted by Crippen LogP contribution is 2.20. The molecule has 0 spiro atoms. The van der Waals surface area contributed by atoms with Crippen LogP contribution in [0.15, 0.2) is 18.2 Å². The fourth-order valence-corrected chi connectivity index (χ4v) is 3.33. The lowest BCUT2D eigenvalue weighted by Gasteiger charge is -2.13. The maximum Gasteiger partial charge on any atom is 0.251 e. The quantitative estimate of drug-likeness (QED) is 0.786. The minimum Gasteiger partial charge on any atom is -0.376 e. The Hall–Kier alpha value is -2.32. The van der Waals surface area contributed by atoms with E-state index in [1.807, 2.05) is 17.8 Å². The molecular formula is C15H15N5O2S. The fourth-order valence-electron chi connectivity index (χ4n) is 2.82. The topological polar surface area (TPSA) is 81.9 Å². The maximum atomic E-state index is 12.3. The third kappa shape index (κ3) is 2.60. The van der Waals surface area contributed by atoms with Gasteiger partial charge in [-0.3, -0.25) is 9.48 Å². The Labute approximate surface area is 136 Å². The van der Waals surface area contributed by atoms with Crippen molar-refractivity contribution in [2.45, 2.75) is 19.6 Å². The summed E-state index contributed by atoms with van der Waals surface area (Å²) in [7, 11) is 1.93. The van der Waals surface area contributed by atoms with Crippen LogP contribution in [-0.4, -0.2) is 31.0 Å². The zero-order valence-electron chi connectivity index (χ0n) is 12.6. The molecule has 8 heteroatoms. The number of aryl methyl sites for hydroxylation is 1. The number of fused-ring (bicyclic) bond motifs is 2. The van der Waals surface area contributed by atoms with Crippen molar-refractivity contribution < 1.29 is 9.53 Å². The molecule has 0 aliphatic carbocycles. The van der Waals surface area contributed by atoms with Gasteiger partial charge in [0.1, 0.15) is 11.0 Å². The van der Waals surface area contributed by atoms with E-state index < -0.39 is 0 Å². The van der Waals surface area contributed by atoms with Crippen molar-refractivity contribution in [3.05, 3.63) is 40.7 Å². The average molecular weight is 329 g/mol. The smallest absolute Gasteiger partial charge is 0.251 e. The van der Waals surface area contributed by atoms with Crippen LogP contribution in [0.3, 0.4) is 0 Å². The molecule has 7 nitrogen and oxygen atoms in total. The van der Waals surface area contributed by atoms with Crippen LogP contribution < -0.4 is 5.32 Å². The number of nitrogens with zero attached hydrogens (tertiary/aromatic N) is 4. The molecule has 1 aliphatic rings. The second-order valence-corrected chi connectivity index (χ2v) is 5.98. The zero-order chi connectivity index (χ0) is 15.8. The molecule has 0 saturated heterocycles. The van der Waals surface area contributed by atoms with Crippen molar-refractivity contribution in [3.63, 3.8) is 0 Å². The van der Waals surface area contributed by atoms with E-state index in [9.17, 15) is 4.79 Å². The molecule has 0 saturated carbocycles. The Morgan fingerprint density at radius 2 is 2.26 bits per heavy atom. The van der Waals surface area contributed by atoms with E-state index >= 15 is 0 Å². The van der Waals surface area contributed by atoms with Gasteiger partial charge in [0.15, 0.2) is 0 Å². The van der Waals surface area contributed by atoms with Crippen molar-refractivity contribution in [3.8, 4) is 0 Å². The minimum absolute atomic E-state index is 0.143. The lowest BCUT2D eigenvalue weighted by atomic mass is 10.1. The first kappa shape index (κ1) is 14.3. The van der Waals surface area contributed by atoms with Gasteiger partial charge in [0.2, 0.25) is 0 Å². The first-order valence-corrected chi connectivity index (χ1v) is 8.07. The van der Waals surface area contributed by atoms with E-state index in [4.69, 9.17) is 4.74 Å². The Balaban J connectivity index is 1.51. The molecule has 4 rings (SSSR count). The third-order valence-corrected chi connectivity index (χ3v) is 4.58. The summed E-state index contributed by atoms with van der Waals surface area (Å²) in [5.41, 5.74) is 5.28. The van der Waals surface area contributed by atoms with Crippen molar-refractivity contribution in [2.75, 3.05) is 6.61 Å². The van der Waals surface area contributed by atoms with E-state index in [2.05, 4.69) is 19.2 Å². The molecule has 1 amide bonds. The SMILES string of the molecule is Cn1nc(CNC(=O)c2ccc3nsnc3c2)c2c1CCOC2. The maximum absolute atomic E-state index is 12.3. The normalized spacial score (nSPS) is 14.0. The van der Waals surface area contributed by atoms with Gasteiger partial charge >= 0.3 is 0 Å². The van der Waals surface area contributed by atoms with Crippen LogP contribution in [0.5, 0.6) is 0 Å². The van der Waals surface area contributed by atoms with Crippen LogP contribution in [0.4, 0.5) is 0 Å². The summed E-state index contributed by atoms with van der Waals surface area (Å²) < 4.78 is 15.7. The summed E-state index contributed by atoms with van der Waals surface area (Å²) in [6, 6.07) is 5.32. The van der Waals surface area contributed by atoms with Gasteiger partial charge in [-0.2, -0.15) is 13.8 Å². The Kier molecular flexibility index (Phi) is 3.55. The van der Waals surface area contributed by atoms with Crippen LogP contribution in [-0.2, 0) is 31.4 Å². The van der Waals surface area contributed by atoms with Gasteiger partial charge in [0.05, 0.1) is 37.2 Å². The molecule has 0 radical (unpaired) electrons. The summed E-state index contributed by atoms with van der Waals surface area (Å²) in [6.45, 7) is 1.67. The molecule has 1 aromatic carbocycles. The Bertz CT molecular complexity index is 885. The predicted molar refractivity (Wildman–Crippen MR) is 85.2 cm³/mol. The summed E-state index contributed by atoms with van der Waals surface area (Å²) in [5.74, 6) is -0.143. The summed E-state index contributed by atoms with van der Waals surface area (Å²) in [4.78, 5) is 12.3. The summed E-state index contributed by atoms with van der Waals surface area (Å²) in [5, 5.41) is 7.42. The van der Waals surface area contributed by atoms with E-state index in [1.165, 1.54) is 5.69 Å². The number of aromatic nitrogens is 4. The molecule has 2 aromatic heterocycles. The van der Waals surface area contributed by atoms with E-state index in [0.717, 1.165) is 47.0 Å². The van der Waals surface area contributed by atoms with Crippen LogP contribution >= 0.6 is 11.7 Å². The lowest BCUT2D eigenvalue weighted by molar-refractivity contribution is 0.0947. The number of carbonyl (C=O) groups excluding carboxylic acids is 1. The second-order valence-electron chi connectivity index (χ2n) is 5.45. The van der Waals surface area contributed by atoms with Crippen molar-refractivity contribution in [2.24, 2.45) is 7.05 Å². The minimum atomic E-state index is -0.143. The van der Waals surface area contributed by atoms with E-state index in [-0.39, 0.29) is 5.91 Å². The molecule has 0 atom stereocenters. The van der Waals surface area contributed by atoms with E-state index in [1.54, 1.807) is 12.1 Å². The van der Waals surface area contributed by atoms with Gasteiger partial charge in [-0.1, -0.05) is 0 Å². The standard InChI is InChI=1S/C15H15N5O2S/c1-20-14-4-5-22-8-10(14)13(17-20)7-16-15(21)9-2-3-11-12(6-9)19-23-18-11/h2-3,6H,4-5,7-8H2,1H3,(H,16,21). The van der Waals surface area contributed by atoms with Gasteiger partial charge < -0.3 is 10.1 Å². The summed E-state index contributed by atoms with van der Waals surface area (Å²) >= 11 is 1.14. The van der Waals surface area contributed by atoms with Crippen LogP contribution in [0.25, 0.3) is 11.0 Å². The molecule has 1 aliphatic heterocycles. The Morgan fingerprint density at radius 3 is 3.17 bits per heavy atom. The Morgan fingerprint density at radius 1 is 1.39 bits per heavy atom. The van der Waals surface area contributed by atoms with Gasteiger partial charge in [-0.25, -0.2) is 0 Å². The van der Waals surface area contributed by atoms with Crippen LogP contribution in [0, 0.1) is 0 Å². The van der Waals surface area contributed by atoms with Gasteiger partial charge in [0, 0.05) is 30.3 Å². The summed E-state index contributed by atoms with van der Waals surface area (Å²) in [6.07, 6.45) is 0.861. The number of rotatable bonds is 3. The predicted octanol–water partition coefficient (Wildman–Crippen LogP) is 1.43. The molecule has 3 heterocycles. The lowest BCUT2D eigenvalue weighted by Crippen LogP contribution is -2.24. The highest BCUT2D eigenvalue weighted by Gasteiger charge is 2.20. The van der Waals surface area contributed by atoms with Gasteiger partial charge in [-0.15, -0.1) is 0 Å². The number of benzene rings is 1. The molecule has 0 bridgehead atoms. The average Bonchev–Trinajstić information content (AvgIpc) is 3.17. The largest absolute Gasteiger partial charge is 0.376 e. The molecule has 1 N–H and O–H groups in total. The highest BCUT2D eigenvalue weighted by molar-refractivity contribution is 7.00. The van der Waals surface area contributed by atoms with Gasteiger partial charge in [0.25, 0.3) is 5.91 Å². The molecular weight excluding hydrogens is 314 g/mol. The van der Waals surface area contributed by atoms with Crippen molar-refractivity contribution >= 4 is 28.7 Å². The first-order valence-electron chi connectivity index (χ1n) is 7.34. The highest BCUT2D eigenvalue weighted by atomic mass is 32.1. The van der Waals surface area contributed by atoms with Gasteiger partial charge in [-0.05, 0) is 18.2 Å². The molecule has 3 aromatic rings. The number of carbonyl (C=O) groups is 1. The molecule has 0 fully saturated rings. The molecule has 118 valence electrons. The number of hydrogen-bond acceptors (Lipinski definition) is 6. The second kappa shape index (κ2) is 5.71.